The number of nitrogens with zero attached hydrogens (tertiary/aromatic N) is 1. The van der Waals surface area contributed by atoms with Gasteiger partial charge in [0.05, 0.1) is 15.6 Å². The maximum absolute atomic E-state index is 10.2. The van der Waals surface area contributed by atoms with Gasteiger partial charge < -0.3 is 10.0 Å². The van der Waals surface area contributed by atoms with E-state index in [9.17, 15) is 5.11 Å². The number of anilines is 1. The van der Waals surface area contributed by atoms with Crippen LogP contribution in [-0.2, 0) is 0 Å². The van der Waals surface area contributed by atoms with Crippen molar-refractivity contribution in [3.8, 4) is 0 Å². The van der Waals surface area contributed by atoms with E-state index in [2.05, 4.69) is 44.0 Å². The summed E-state index contributed by atoms with van der Waals surface area (Å²) in [6.07, 6.45) is 5.64. The van der Waals surface area contributed by atoms with Crippen molar-refractivity contribution in [3.63, 3.8) is 0 Å². The number of aliphatic hydroxyl groups excluding tert-OH is 1. The van der Waals surface area contributed by atoms with Crippen molar-refractivity contribution in [2.24, 2.45) is 0 Å². The van der Waals surface area contributed by atoms with E-state index in [-0.39, 0.29) is 11.8 Å². The van der Waals surface area contributed by atoms with Gasteiger partial charge in [0.15, 0.2) is 0 Å². The standard InChI is InChI=1S/C22H23Cl2NOS/c1-13(2)25(14(3)18-10-9-17(23)11-19(18)24)20-12-21(16-7-5-6-8-16)27-22(20)15(4)26/h7,9-13,26H,3-6,8H2,1-2H3. The minimum Gasteiger partial charge on any atom is -0.507 e. The van der Waals surface area contributed by atoms with Crippen LogP contribution in [0.15, 0.2) is 43.5 Å². The quantitative estimate of drug-likeness (QED) is 0.478. The van der Waals surface area contributed by atoms with Crippen LogP contribution >= 0.6 is 34.5 Å². The fourth-order valence-corrected chi connectivity index (χ4v) is 5.01. The normalized spacial score (nSPS) is 13.7. The molecule has 1 heterocycles. The van der Waals surface area contributed by atoms with Crippen molar-refractivity contribution in [2.45, 2.75) is 39.2 Å². The van der Waals surface area contributed by atoms with Crippen LogP contribution in [0.5, 0.6) is 0 Å². The van der Waals surface area contributed by atoms with Crippen LogP contribution in [-0.4, -0.2) is 11.1 Å². The van der Waals surface area contributed by atoms with E-state index in [0.29, 0.717) is 10.0 Å². The van der Waals surface area contributed by atoms with E-state index >= 15 is 0 Å². The summed E-state index contributed by atoms with van der Waals surface area (Å²) >= 11 is 14.0. The molecule has 0 spiro atoms. The van der Waals surface area contributed by atoms with Gasteiger partial charge in [-0.2, -0.15) is 0 Å². The van der Waals surface area contributed by atoms with Gasteiger partial charge in [-0.3, -0.25) is 0 Å². The molecule has 142 valence electrons. The molecule has 1 aliphatic carbocycles. The summed E-state index contributed by atoms with van der Waals surface area (Å²) in [6.45, 7) is 12.3. The lowest BCUT2D eigenvalue weighted by molar-refractivity contribution is 0.516. The number of hydrogen-bond acceptors (Lipinski definition) is 3. The highest BCUT2D eigenvalue weighted by Gasteiger charge is 2.25. The molecule has 1 aromatic carbocycles. The number of thiophene rings is 1. The Bertz CT molecular complexity index is 926. The molecule has 1 N–H and O–H groups in total. The zero-order chi connectivity index (χ0) is 19.7. The van der Waals surface area contributed by atoms with Crippen LogP contribution < -0.4 is 4.90 Å². The van der Waals surface area contributed by atoms with Crippen molar-refractivity contribution in [1.29, 1.82) is 0 Å². The molecular weight excluding hydrogens is 397 g/mol. The monoisotopic (exact) mass is 419 g/mol. The van der Waals surface area contributed by atoms with E-state index in [1.807, 2.05) is 6.07 Å². The number of halogens is 2. The fraction of sp³-hybridized carbons (Fsp3) is 0.273. The number of hydrogen-bond donors (Lipinski definition) is 1. The van der Waals surface area contributed by atoms with Crippen LogP contribution in [0.1, 0.15) is 48.4 Å². The summed E-state index contributed by atoms with van der Waals surface area (Å²) < 4.78 is 0. The lowest BCUT2D eigenvalue weighted by atomic mass is 10.1. The molecule has 2 aromatic rings. The van der Waals surface area contributed by atoms with Crippen LogP contribution in [0.25, 0.3) is 17.0 Å². The Balaban J connectivity index is 2.09. The molecule has 3 rings (SSSR count). The van der Waals surface area contributed by atoms with Crippen molar-refractivity contribution in [1.82, 2.24) is 0 Å². The molecule has 0 aliphatic heterocycles. The topological polar surface area (TPSA) is 23.5 Å². The molecule has 27 heavy (non-hydrogen) atoms. The highest BCUT2D eigenvalue weighted by molar-refractivity contribution is 7.14. The SMILES string of the molecule is C=C(O)c1sc(C2=CCCC2)cc1N(C(=C)c1ccc(Cl)cc1Cl)C(C)C. The molecule has 0 saturated heterocycles. The molecule has 0 fully saturated rings. The number of allylic oxidation sites excluding steroid dienone is 2. The summed E-state index contributed by atoms with van der Waals surface area (Å²) in [4.78, 5) is 4.03. The van der Waals surface area contributed by atoms with Crippen LogP contribution in [0, 0.1) is 0 Å². The van der Waals surface area contributed by atoms with Gasteiger partial charge in [0.2, 0.25) is 0 Å². The molecule has 2 nitrogen and oxygen atoms in total. The van der Waals surface area contributed by atoms with Crippen molar-refractivity contribution in [3.05, 3.63) is 68.9 Å². The number of aliphatic hydroxyl groups is 1. The number of benzene rings is 1. The van der Waals surface area contributed by atoms with Crippen molar-refractivity contribution >= 4 is 57.3 Å². The van der Waals surface area contributed by atoms with Gasteiger partial charge in [-0.05, 0) is 62.9 Å². The lowest BCUT2D eigenvalue weighted by Gasteiger charge is -2.31. The van der Waals surface area contributed by atoms with Crippen molar-refractivity contribution in [2.75, 3.05) is 4.90 Å². The Morgan fingerprint density at radius 3 is 2.52 bits per heavy atom. The molecule has 0 unspecified atom stereocenters. The number of rotatable bonds is 6. The van der Waals surface area contributed by atoms with Gasteiger partial charge in [-0.25, -0.2) is 0 Å². The maximum atomic E-state index is 10.2. The highest BCUT2D eigenvalue weighted by atomic mass is 35.5. The van der Waals surface area contributed by atoms with Gasteiger partial charge >= 0.3 is 0 Å². The second kappa shape index (κ2) is 8.14. The minimum atomic E-state index is 0.0699. The largest absolute Gasteiger partial charge is 0.507 e. The first-order chi connectivity index (χ1) is 12.8. The average molecular weight is 420 g/mol. The zero-order valence-electron chi connectivity index (χ0n) is 15.6. The molecule has 0 amide bonds. The Labute approximate surface area is 175 Å². The molecule has 5 heteroatoms. The van der Waals surface area contributed by atoms with Gasteiger partial charge in [0, 0.05) is 27.2 Å². The molecule has 0 bridgehead atoms. The van der Waals surface area contributed by atoms with Gasteiger partial charge in [0.25, 0.3) is 0 Å². The Kier molecular flexibility index (Phi) is 6.05. The first kappa shape index (κ1) is 20.1. The second-order valence-corrected chi connectivity index (χ2v) is 8.82. The van der Waals surface area contributed by atoms with E-state index in [0.717, 1.165) is 34.7 Å². The van der Waals surface area contributed by atoms with Gasteiger partial charge in [0.1, 0.15) is 5.76 Å². The van der Waals surface area contributed by atoms with Gasteiger partial charge in [-0.15, -0.1) is 11.3 Å². The maximum Gasteiger partial charge on any atom is 0.127 e. The van der Waals surface area contributed by atoms with E-state index < -0.39 is 0 Å². The first-order valence-corrected chi connectivity index (χ1v) is 10.5. The molecule has 1 aliphatic rings. The summed E-state index contributed by atoms with van der Waals surface area (Å²) in [5, 5.41) is 11.4. The predicted octanol–water partition coefficient (Wildman–Crippen LogP) is 8.04. The lowest BCUT2D eigenvalue weighted by Crippen LogP contribution is -2.29. The third-order valence-corrected chi connectivity index (χ3v) is 6.44. The predicted molar refractivity (Wildman–Crippen MR) is 121 cm³/mol. The summed E-state index contributed by atoms with van der Waals surface area (Å²) in [7, 11) is 0. The third kappa shape index (κ3) is 4.11. The minimum absolute atomic E-state index is 0.0699. The second-order valence-electron chi connectivity index (χ2n) is 6.93. The van der Waals surface area contributed by atoms with Crippen LogP contribution in [0.2, 0.25) is 10.0 Å². The van der Waals surface area contributed by atoms with Crippen LogP contribution in [0.4, 0.5) is 5.69 Å². The fourth-order valence-electron chi connectivity index (χ4n) is 3.41. The van der Waals surface area contributed by atoms with E-state index in [1.54, 1.807) is 23.5 Å². The summed E-state index contributed by atoms with van der Waals surface area (Å²) in [5.74, 6) is 0.0699. The highest BCUT2D eigenvalue weighted by Crippen LogP contribution is 2.43. The molecule has 0 atom stereocenters. The molecule has 0 radical (unpaired) electrons. The van der Waals surface area contributed by atoms with Crippen molar-refractivity contribution < 1.29 is 5.11 Å². The van der Waals surface area contributed by atoms with E-state index in [1.165, 1.54) is 16.9 Å². The summed E-state index contributed by atoms with van der Waals surface area (Å²) in [5.41, 5.74) is 3.82. The van der Waals surface area contributed by atoms with Gasteiger partial charge in [-0.1, -0.05) is 42.4 Å². The third-order valence-electron chi connectivity index (χ3n) is 4.64. The molecule has 0 saturated carbocycles. The molecule has 1 aromatic heterocycles. The van der Waals surface area contributed by atoms with E-state index in [4.69, 9.17) is 23.2 Å². The molecular formula is C22H23Cl2NOS. The first-order valence-electron chi connectivity index (χ1n) is 8.94. The smallest absolute Gasteiger partial charge is 0.127 e. The average Bonchev–Trinajstić information content (AvgIpc) is 3.23. The summed E-state index contributed by atoms with van der Waals surface area (Å²) in [6, 6.07) is 7.65. The Morgan fingerprint density at radius 1 is 1.22 bits per heavy atom. The van der Waals surface area contributed by atoms with Crippen LogP contribution in [0.3, 0.4) is 0 Å². The zero-order valence-corrected chi connectivity index (χ0v) is 17.9. The Hall–Kier alpha value is -1.68. The Morgan fingerprint density at radius 2 is 1.96 bits per heavy atom.